The number of aryl methyl sites for hydroxylation is 1. The van der Waals surface area contributed by atoms with Crippen molar-refractivity contribution in [2.24, 2.45) is 7.05 Å². The topological polar surface area (TPSA) is 45.5 Å². The Kier molecular flexibility index (Phi) is 3.10. The molecule has 1 aromatic heterocycles. The molecule has 0 fully saturated rings. The van der Waals surface area contributed by atoms with E-state index in [1.807, 2.05) is 48.9 Å². The molecule has 0 bridgehead atoms. The third-order valence-electron chi connectivity index (χ3n) is 2.93. The molecule has 4 heteroatoms. The number of benzene rings is 1. The molecule has 1 heterocycles. The quantitative estimate of drug-likeness (QED) is 0.843. The van der Waals surface area contributed by atoms with E-state index >= 15 is 0 Å². The first-order valence-corrected chi connectivity index (χ1v) is 5.66. The van der Waals surface area contributed by atoms with Gasteiger partial charge in [0.05, 0.1) is 0 Å². The Morgan fingerprint density at radius 1 is 1.39 bits per heavy atom. The van der Waals surface area contributed by atoms with Crippen molar-refractivity contribution in [2.45, 2.75) is 0 Å². The average molecular weight is 244 g/mol. The first-order valence-electron chi connectivity index (χ1n) is 5.66. The number of hydrogen-bond donors (Lipinski definition) is 1. The van der Waals surface area contributed by atoms with Gasteiger partial charge in [-0.1, -0.05) is 0 Å². The Labute approximate surface area is 106 Å². The van der Waals surface area contributed by atoms with Crippen LogP contribution in [0.3, 0.4) is 0 Å². The first kappa shape index (κ1) is 12.2. The largest absolute Gasteiger partial charge is 0.478 e. The summed E-state index contributed by atoms with van der Waals surface area (Å²) in [5, 5.41) is 9.75. The molecule has 0 radical (unpaired) electrons. The van der Waals surface area contributed by atoms with E-state index < -0.39 is 5.97 Å². The van der Waals surface area contributed by atoms with Crippen LogP contribution >= 0.6 is 0 Å². The van der Waals surface area contributed by atoms with Crippen LogP contribution in [0.2, 0.25) is 0 Å². The Morgan fingerprint density at radius 3 is 2.72 bits per heavy atom. The minimum Gasteiger partial charge on any atom is -0.478 e. The van der Waals surface area contributed by atoms with Crippen molar-refractivity contribution in [1.82, 2.24) is 4.57 Å². The number of carboxylic acids is 1. The van der Waals surface area contributed by atoms with Gasteiger partial charge in [0.1, 0.15) is 0 Å². The standard InChI is InChI=1S/C14H16N2O2/c1-15(2)11-5-6-13-12(8-11)10(9-16(13)3)4-7-14(17)18/h4-9H,1-3H3,(H,17,18)/b7-4-. The van der Waals surface area contributed by atoms with E-state index in [2.05, 4.69) is 6.07 Å². The number of anilines is 1. The van der Waals surface area contributed by atoms with Gasteiger partial charge in [0.2, 0.25) is 0 Å². The zero-order chi connectivity index (χ0) is 13.3. The minimum atomic E-state index is -0.934. The molecule has 2 aromatic rings. The highest BCUT2D eigenvalue weighted by Gasteiger charge is 2.06. The molecule has 0 aliphatic rings. The van der Waals surface area contributed by atoms with Crippen molar-refractivity contribution in [3.05, 3.63) is 36.0 Å². The maximum Gasteiger partial charge on any atom is 0.328 e. The summed E-state index contributed by atoms with van der Waals surface area (Å²) >= 11 is 0. The van der Waals surface area contributed by atoms with Crippen molar-refractivity contribution in [3.63, 3.8) is 0 Å². The van der Waals surface area contributed by atoms with Crippen molar-refractivity contribution < 1.29 is 9.90 Å². The molecular weight excluding hydrogens is 228 g/mol. The zero-order valence-electron chi connectivity index (χ0n) is 10.7. The van der Waals surface area contributed by atoms with Gasteiger partial charge in [0.25, 0.3) is 0 Å². The van der Waals surface area contributed by atoms with Gasteiger partial charge in [-0.15, -0.1) is 0 Å². The normalized spacial score (nSPS) is 11.3. The Hall–Kier alpha value is -2.23. The second-order valence-electron chi connectivity index (χ2n) is 4.46. The fraction of sp³-hybridized carbons (Fsp3) is 0.214. The van der Waals surface area contributed by atoms with Gasteiger partial charge in [-0.05, 0) is 24.3 Å². The van der Waals surface area contributed by atoms with Gasteiger partial charge in [-0.2, -0.15) is 0 Å². The highest BCUT2D eigenvalue weighted by Crippen LogP contribution is 2.26. The summed E-state index contributed by atoms with van der Waals surface area (Å²) in [5.74, 6) is -0.934. The highest BCUT2D eigenvalue weighted by atomic mass is 16.4. The van der Waals surface area contributed by atoms with Crippen molar-refractivity contribution in [2.75, 3.05) is 19.0 Å². The molecule has 0 amide bonds. The van der Waals surface area contributed by atoms with Crippen LogP contribution in [0, 0.1) is 0 Å². The van der Waals surface area contributed by atoms with Crippen molar-refractivity contribution in [3.8, 4) is 0 Å². The van der Waals surface area contributed by atoms with E-state index in [1.165, 1.54) is 0 Å². The molecule has 0 saturated carbocycles. The summed E-state index contributed by atoms with van der Waals surface area (Å²) in [6.07, 6.45) is 4.73. The van der Waals surface area contributed by atoms with Crippen LogP contribution in [-0.2, 0) is 11.8 Å². The SMILES string of the molecule is CN(C)c1ccc2c(c1)c(/C=C\C(=O)O)cn2C. The lowest BCUT2D eigenvalue weighted by Crippen LogP contribution is -2.08. The molecule has 0 atom stereocenters. The zero-order valence-corrected chi connectivity index (χ0v) is 10.7. The van der Waals surface area contributed by atoms with Crippen LogP contribution in [0.15, 0.2) is 30.5 Å². The molecule has 0 aliphatic heterocycles. The second kappa shape index (κ2) is 4.56. The number of rotatable bonds is 3. The second-order valence-corrected chi connectivity index (χ2v) is 4.46. The van der Waals surface area contributed by atoms with Crippen LogP contribution < -0.4 is 4.90 Å². The molecule has 0 unspecified atom stereocenters. The van der Waals surface area contributed by atoms with Crippen LogP contribution in [0.5, 0.6) is 0 Å². The summed E-state index contributed by atoms with van der Waals surface area (Å²) < 4.78 is 2.00. The number of nitrogens with zero attached hydrogens (tertiary/aromatic N) is 2. The number of fused-ring (bicyclic) bond motifs is 1. The summed E-state index contributed by atoms with van der Waals surface area (Å²) in [6.45, 7) is 0. The molecule has 0 saturated heterocycles. The van der Waals surface area contributed by atoms with E-state index in [0.29, 0.717) is 0 Å². The lowest BCUT2D eigenvalue weighted by Gasteiger charge is -2.12. The van der Waals surface area contributed by atoms with Gasteiger partial charge < -0.3 is 14.6 Å². The molecule has 94 valence electrons. The fourth-order valence-electron chi connectivity index (χ4n) is 1.98. The summed E-state index contributed by atoms with van der Waals surface area (Å²) in [4.78, 5) is 12.6. The molecular formula is C14H16N2O2. The first-order chi connectivity index (χ1) is 8.49. The van der Waals surface area contributed by atoms with Gasteiger partial charge in [-0.25, -0.2) is 4.79 Å². The number of carbonyl (C=O) groups is 1. The molecule has 18 heavy (non-hydrogen) atoms. The average Bonchev–Trinajstić information content (AvgIpc) is 2.63. The summed E-state index contributed by atoms with van der Waals surface area (Å²) in [7, 11) is 5.92. The number of aliphatic carboxylic acids is 1. The van der Waals surface area contributed by atoms with Crippen molar-refractivity contribution in [1.29, 1.82) is 0 Å². The predicted octanol–water partition coefficient (Wildman–Crippen LogP) is 2.34. The number of aromatic nitrogens is 1. The van der Waals surface area contributed by atoms with E-state index in [-0.39, 0.29) is 0 Å². The number of carboxylic acid groups (broad SMARTS) is 1. The molecule has 1 aromatic carbocycles. The maximum absolute atomic E-state index is 10.6. The van der Waals surface area contributed by atoms with E-state index in [0.717, 1.165) is 28.2 Å². The van der Waals surface area contributed by atoms with Crippen molar-refractivity contribution >= 4 is 28.6 Å². The Bertz CT molecular complexity index is 624. The molecule has 0 spiro atoms. The molecule has 2 rings (SSSR count). The molecule has 4 nitrogen and oxygen atoms in total. The van der Waals surface area contributed by atoms with Gasteiger partial charge in [0, 0.05) is 55.6 Å². The minimum absolute atomic E-state index is 0.915. The Balaban J connectivity index is 2.59. The van der Waals surface area contributed by atoms with E-state index in [9.17, 15) is 4.79 Å². The molecule has 0 aliphatic carbocycles. The fourth-order valence-corrected chi connectivity index (χ4v) is 1.98. The highest BCUT2D eigenvalue weighted by molar-refractivity contribution is 5.95. The third kappa shape index (κ3) is 2.22. The van der Waals surface area contributed by atoms with Gasteiger partial charge >= 0.3 is 5.97 Å². The smallest absolute Gasteiger partial charge is 0.328 e. The van der Waals surface area contributed by atoms with E-state index in [1.54, 1.807) is 6.08 Å². The van der Waals surface area contributed by atoms with Gasteiger partial charge in [-0.3, -0.25) is 0 Å². The third-order valence-corrected chi connectivity index (χ3v) is 2.93. The molecule has 1 N–H and O–H groups in total. The monoisotopic (exact) mass is 244 g/mol. The van der Waals surface area contributed by atoms with Crippen LogP contribution in [0.25, 0.3) is 17.0 Å². The maximum atomic E-state index is 10.6. The Morgan fingerprint density at radius 2 is 2.11 bits per heavy atom. The van der Waals surface area contributed by atoms with E-state index in [4.69, 9.17) is 5.11 Å². The van der Waals surface area contributed by atoms with Gasteiger partial charge in [0.15, 0.2) is 0 Å². The summed E-state index contributed by atoms with van der Waals surface area (Å²) in [6, 6.07) is 6.16. The lowest BCUT2D eigenvalue weighted by molar-refractivity contribution is -0.131. The van der Waals surface area contributed by atoms with Crippen LogP contribution in [0.4, 0.5) is 5.69 Å². The number of hydrogen-bond acceptors (Lipinski definition) is 2. The predicted molar refractivity (Wildman–Crippen MR) is 73.9 cm³/mol. The van der Waals surface area contributed by atoms with Crippen LogP contribution in [0.1, 0.15) is 5.56 Å². The van der Waals surface area contributed by atoms with Crippen LogP contribution in [-0.4, -0.2) is 29.7 Å². The lowest BCUT2D eigenvalue weighted by atomic mass is 10.1. The summed E-state index contributed by atoms with van der Waals surface area (Å²) in [5.41, 5.74) is 3.10.